The minimum atomic E-state index is -0.942. The molecule has 174 valence electrons. The van der Waals surface area contributed by atoms with Crippen molar-refractivity contribution in [2.75, 3.05) is 40.9 Å². The maximum Gasteiger partial charge on any atom is 0.333 e. The summed E-state index contributed by atoms with van der Waals surface area (Å²) in [4.78, 5) is 22.5. The SMILES string of the molecule is O=C(O)C1=CN(C2CC2)c2cc(N3CCN(c4ccnc5cc(Cl)ccc45)CC3)c(F)cc2C1. The monoisotopic (exact) mass is 478 g/mol. The Balaban J connectivity index is 1.25. The average Bonchev–Trinajstić information content (AvgIpc) is 3.68. The lowest BCUT2D eigenvalue weighted by Gasteiger charge is -2.38. The number of anilines is 3. The molecule has 2 aromatic carbocycles. The van der Waals surface area contributed by atoms with Gasteiger partial charge in [-0.05, 0) is 54.8 Å². The minimum absolute atomic E-state index is 0.248. The highest BCUT2D eigenvalue weighted by Gasteiger charge is 2.34. The van der Waals surface area contributed by atoms with E-state index in [0.717, 1.165) is 53.8 Å². The van der Waals surface area contributed by atoms with Crippen LogP contribution in [-0.2, 0) is 11.2 Å². The van der Waals surface area contributed by atoms with Gasteiger partial charge in [0.1, 0.15) is 5.82 Å². The summed E-state index contributed by atoms with van der Waals surface area (Å²) >= 11 is 6.13. The van der Waals surface area contributed by atoms with Gasteiger partial charge in [-0.2, -0.15) is 0 Å². The fourth-order valence-corrected chi connectivity index (χ4v) is 5.23. The van der Waals surface area contributed by atoms with E-state index >= 15 is 4.39 Å². The molecule has 6 nitrogen and oxygen atoms in total. The van der Waals surface area contributed by atoms with Crippen LogP contribution >= 0.6 is 11.6 Å². The first kappa shape index (κ1) is 21.2. The molecule has 1 aromatic heterocycles. The Morgan fingerprint density at radius 3 is 2.44 bits per heavy atom. The number of aliphatic carboxylic acids is 1. The lowest BCUT2D eigenvalue weighted by molar-refractivity contribution is -0.132. The van der Waals surface area contributed by atoms with Gasteiger partial charge in [-0.15, -0.1) is 0 Å². The van der Waals surface area contributed by atoms with E-state index in [2.05, 4.69) is 14.8 Å². The summed E-state index contributed by atoms with van der Waals surface area (Å²) in [5, 5.41) is 11.2. The summed E-state index contributed by atoms with van der Waals surface area (Å²) in [7, 11) is 0. The highest BCUT2D eigenvalue weighted by Crippen LogP contribution is 2.41. The molecule has 0 atom stereocenters. The Bertz CT molecular complexity index is 1330. The zero-order chi connectivity index (χ0) is 23.4. The number of carbonyl (C=O) groups is 1. The molecule has 0 bridgehead atoms. The molecule has 2 fully saturated rings. The second-order valence-electron chi connectivity index (χ2n) is 9.17. The van der Waals surface area contributed by atoms with Crippen LogP contribution in [0.25, 0.3) is 10.9 Å². The van der Waals surface area contributed by atoms with Gasteiger partial charge < -0.3 is 19.8 Å². The molecule has 34 heavy (non-hydrogen) atoms. The number of pyridine rings is 1. The smallest absolute Gasteiger partial charge is 0.333 e. The lowest BCUT2D eigenvalue weighted by atomic mass is 9.98. The van der Waals surface area contributed by atoms with Gasteiger partial charge in [-0.1, -0.05) is 11.6 Å². The molecule has 0 radical (unpaired) electrons. The normalized spacial score (nSPS) is 18.2. The number of hydrogen-bond acceptors (Lipinski definition) is 5. The molecule has 0 unspecified atom stereocenters. The van der Waals surface area contributed by atoms with E-state index < -0.39 is 5.97 Å². The fraction of sp³-hybridized carbons (Fsp3) is 0.308. The molecule has 1 N–H and O–H groups in total. The molecule has 1 saturated heterocycles. The molecule has 1 saturated carbocycles. The fourth-order valence-electron chi connectivity index (χ4n) is 5.06. The second kappa shape index (κ2) is 8.17. The van der Waals surface area contributed by atoms with E-state index in [9.17, 15) is 9.90 Å². The predicted octanol–water partition coefficient (Wildman–Crippen LogP) is 4.85. The van der Waals surface area contributed by atoms with E-state index in [1.54, 1.807) is 12.4 Å². The van der Waals surface area contributed by atoms with Crippen LogP contribution in [0.15, 0.2) is 54.4 Å². The topological polar surface area (TPSA) is 59.9 Å². The average molecular weight is 479 g/mol. The van der Waals surface area contributed by atoms with Crippen molar-refractivity contribution in [3.8, 4) is 0 Å². The van der Waals surface area contributed by atoms with Crippen LogP contribution in [0, 0.1) is 5.82 Å². The summed E-state index contributed by atoms with van der Waals surface area (Å²) in [6, 6.07) is 11.5. The van der Waals surface area contributed by atoms with Gasteiger partial charge in [-0.3, -0.25) is 4.98 Å². The Morgan fingerprint density at radius 1 is 1.00 bits per heavy atom. The van der Waals surface area contributed by atoms with Crippen LogP contribution in [0.5, 0.6) is 0 Å². The summed E-state index contributed by atoms with van der Waals surface area (Å²) < 4.78 is 15.2. The van der Waals surface area contributed by atoms with Crippen LogP contribution in [0.1, 0.15) is 18.4 Å². The van der Waals surface area contributed by atoms with E-state index in [1.807, 2.05) is 35.2 Å². The Kier molecular flexibility index (Phi) is 5.10. The third kappa shape index (κ3) is 3.74. The third-order valence-electron chi connectivity index (χ3n) is 6.96. The molecule has 3 aromatic rings. The number of carboxylic acids is 1. The maximum atomic E-state index is 15.2. The standard InChI is InChI=1S/C26H24ClFN4O2/c27-18-1-4-20-22(13-18)29-6-5-23(20)30-7-9-31(10-8-30)25-14-24-16(12-21(25)28)11-17(26(33)34)15-32(24)19-2-3-19/h1,4-6,12-15,19H,2-3,7-11H2,(H,33,34). The van der Waals surface area contributed by atoms with Crippen molar-refractivity contribution in [1.82, 2.24) is 4.98 Å². The van der Waals surface area contributed by atoms with E-state index in [-0.39, 0.29) is 12.2 Å². The maximum absolute atomic E-state index is 15.2. The number of nitrogens with zero attached hydrogens (tertiary/aromatic N) is 4. The van der Waals surface area contributed by atoms with Gasteiger partial charge in [0.25, 0.3) is 0 Å². The molecule has 0 spiro atoms. The van der Waals surface area contributed by atoms with Crippen molar-refractivity contribution in [2.24, 2.45) is 0 Å². The first-order chi connectivity index (χ1) is 16.5. The zero-order valence-electron chi connectivity index (χ0n) is 18.5. The molecular weight excluding hydrogens is 455 g/mol. The molecule has 6 rings (SSSR count). The van der Waals surface area contributed by atoms with E-state index in [0.29, 0.717) is 35.4 Å². The van der Waals surface area contributed by atoms with Gasteiger partial charge in [0, 0.05) is 72.8 Å². The molecule has 8 heteroatoms. The number of aromatic nitrogens is 1. The van der Waals surface area contributed by atoms with Crippen molar-refractivity contribution in [3.63, 3.8) is 0 Å². The molecular formula is C26H24ClFN4O2. The summed E-state index contributed by atoms with van der Waals surface area (Å²) in [5.74, 6) is -1.23. The molecule has 3 aliphatic rings. The molecule has 0 amide bonds. The Hall–Kier alpha value is -3.32. The highest BCUT2D eigenvalue weighted by molar-refractivity contribution is 6.31. The van der Waals surface area contributed by atoms with Gasteiger partial charge >= 0.3 is 5.97 Å². The van der Waals surface area contributed by atoms with Crippen molar-refractivity contribution < 1.29 is 14.3 Å². The first-order valence-electron chi connectivity index (χ1n) is 11.6. The van der Waals surface area contributed by atoms with Crippen LogP contribution in [0.3, 0.4) is 0 Å². The van der Waals surface area contributed by atoms with Gasteiger partial charge in [0.2, 0.25) is 0 Å². The number of halogens is 2. The van der Waals surface area contributed by atoms with Crippen molar-refractivity contribution in [2.45, 2.75) is 25.3 Å². The highest BCUT2D eigenvalue weighted by atomic mass is 35.5. The van der Waals surface area contributed by atoms with Crippen molar-refractivity contribution in [3.05, 3.63) is 70.8 Å². The van der Waals surface area contributed by atoms with Crippen LogP contribution in [0.2, 0.25) is 5.02 Å². The summed E-state index contributed by atoms with van der Waals surface area (Å²) in [6.45, 7) is 2.89. The van der Waals surface area contributed by atoms with Crippen LogP contribution in [-0.4, -0.2) is 48.3 Å². The third-order valence-corrected chi connectivity index (χ3v) is 7.19. The number of carboxylic acid groups (broad SMARTS) is 1. The lowest BCUT2D eigenvalue weighted by Crippen LogP contribution is -2.47. The Labute approximate surface area is 201 Å². The zero-order valence-corrected chi connectivity index (χ0v) is 19.3. The molecule has 2 aliphatic heterocycles. The van der Waals surface area contributed by atoms with Crippen LogP contribution < -0.4 is 14.7 Å². The largest absolute Gasteiger partial charge is 0.478 e. The number of hydrogen-bond donors (Lipinski definition) is 1. The van der Waals surface area contributed by atoms with Gasteiger partial charge in [-0.25, -0.2) is 9.18 Å². The van der Waals surface area contributed by atoms with E-state index in [1.165, 1.54) is 6.07 Å². The van der Waals surface area contributed by atoms with Gasteiger partial charge in [0.15, 0.2) is 0 Å². The molecule has 1 aliphatic carbocycles. The second-order valence-corrected chi connectivity index (χ2v) is 9.61. The minimum Gasteiger partial charge on any atom is -0.478 e. The van der Waals surface area contributed by atoms with Gasteiger partial charge in [0.05, 0.1) is 16.8 Å². The number of rotatable bonds is 4. The quantitative estimate of drug-likeness (QED) is 0.578. The first-order valence-corrected chi connectivity index (χ1v) is 11.9. The predicted molar refractivity (Wildman–Crippen MR) is 133 cm³/mol. The number of fused-ring (bicyclic) bond motifs is 2. The number of benzene rings is 2. The molecule has 3 heterocycles. The summed E-state index contributed by atoms with van der Waals surface area (Å²) in [5.41, 5.74) is 4.55. The van der Waals surface area contributed by atoms with Crippen molar-refractivity contribution >= 4 is 45.5 Å². The van der Waals surface area contributed by atoms with Crippen molar-refractivity contribution in [1.29, 1.82) is 0 Å². The Morgan fingerprint density at radius 2 is 1.74 bits per heavy atom. The summed E-state index contributed by atoms with van der Waals surface area (Å²) in [6.07, 6.45) is 5.84. The number of piperazine rings is 1. The van der Waals surface area contributed by atoms with E-state index in [4.69, 9.17) is 11.6 Å². The van der Waals surface area contributed by atoms with Crippen LogP contribution in [0.4, 0.5) is 21.5 Å².